The molecule has 1 amide bonds. The van der Waals surface area contributed by atoms with E-state index in [4.69, 9.17) is 10.5 Å². The van der Waals surface area contributed by atoms with Crippen molar-refractivity contribution >= 4 is 11.9 Å². The molecule has 108 valence electrons. The van der Waals surface area contributed by atoms with Crippen LogP contribution >= 0.6 is 0 Å². The number of esters is 1. The summed E-state index contributed by atoms with van der Waals surface area (Å²) in [6.45, 7) is 5.29. The highest BCUT2D eigenvalue weighted by atomic mass is 16.5. The van der Waals surface area contributed by atoms with Crippen LogP contribution in [0.2, 0.25) is 0 Å². The molecular formula is C14H24N2O3. The third-order valence-corrected chi connectivity index (χ3v) is 4.29. The van der Waals surface area contributed by atoms with Gasteiger partial charge in [0.2, 0.25) is 5.91 Å². The fourth-order valence-corrected chi connectivity index (χ4v) is 2.78. The number of ether oxygens (including phenoxy) is 1. The largest absolute Gasteiger partial charge is 0.466 e. The first-order chi connectivity index (χ1) is 8.96. The van der Waals surface area contributed by atoms with Crippen molar-refractivity contribution < 1.29 is 14.3 Å². The van der Waals surface area contributed by atoms with E-state index in [0.717, 1.165) is 12.8 Å². The SMILES string of the molecule is CCOC(=O)C1CCN(C(=O)C(C)(N)C2CC2)CC1. The van der Waals surface area contributed by atoms with E-state index >= 15 is 0 Å². The fourth-order valence-electron chi connectivity index (χ4n) is 2.78. The van der Waals surface area contributed by atoms with E-state index in [1.165, 1.54) is 0 Å². The molecule has 2 fully saturated rings. The summed E-state index contributed by atoms with van der Waals surface area (Å²) in [6.07, 6.45) is 3.48. The van der Waals surface area contributed by atoms with Gasteiger partial charge in [-0.2, -0.15) is 0 Å². The lowest BCUT2D eigenvalue weighted by atomic mass is 9.91. The first-order valence-electron chi connectivity index (χ1n) is 7.21. The van der Waals surface area contributed by atoms with Gasteiger partial charge >= 0.3 is 5.97 Å². The Morgan fingerprint density at radius 3 is 2.32 bits per heavy atom. The number of likely N-dealkylation sites (tertiary alicyclic amines) is 1. The van der Waals surface area contributed by atoms with Crippen molar-refractivity contribution in [2.24, 2.45) is 17.6 Å². The van der Waals surface area contributed by atoms with Crippen LogP contribution in [0, 0.1) is 11.8 Å². The molecule has 0 bridgehead atoms. The number of nitrogens with two attached hydrogens (primary N) is 1. The number of rotatable bonds is 4. The molecule has 1 saturated carbocycles. The Morgan fingerprint density at radius 2 is 1.84 bits per heavy atom. The van der Waals surface area contributed by atoms with Crippen molar-refractivity contribution in [2.45, 2.75) is 45.1 Å². The van der Waals surface area contributed by atoms with Crippen LogP contribution in [0.4, 0.5) is 0 Å². The van der Waals surface area contributed by atoms with Crippen LogP contribution in [-0.4, -0.2) is 42.0 Å². The summed E-state index contributed by atoms with van der Waals surface area (Å²) in [4.78, 5) is 25.8. The monoisotopic (exact) mass is 268 g/mol. The molecule has 1 heterocycles. The van der Waals surface area contributed by atoms with Gasteiger partial charge in [-0.3, -0.25) is 9.59 Å². The molecule has 0 aromatic rings. The highest BCUT2D eigenvalue weighted by molar-refractivity contribution is 5.86. The minimum absolute atomic E-state index is 0.0392. The summed E-state index contributed by atoms with van der Waals surface area (Å²) in [5.74, 6) is 0.182. The van der Waals surface area contributed by atoms with Crippen molar-refractivity contribution in [3.8, 4) is 0 Å². The fraction of sp³-hybridized carbons (Fsp3) is 0.857. The Bertz CT molecular complexity index is 356. The third-order valence-electron chi connectivity index (χ3n) is 4.29. The number of carbonyl (C=O) groups excluding carboxylic acids is 2. The second-order valence-electron chi connectivity index (χ2n) is 5.88. The van der Waals surface area contributed by atoms with Crippen LogP contribution in [0.15, 0.2) is 0 Å². The van der Waals surface area contributed by atoms with E-state index in [-0.39, 0.29) is 17.8 Å². The normalized spacial score (nSPS) is 23.8. The minimum Gasteiger partial charge on any atom is -0.466 e. The van der Waals surface area contributed by atoms with Crippen molar-refractivity contribution in [1.29, 1.82) is 0 Å². The van der Waals surface area contributed by atoms with Crippen molar-refractivity contribution in [1.82, 2.24) is 4.90 Å². The van der Waals surface area contributed by atoms with Gasteiger partial charge in [0.1, 0.15) is 0 Å². The minimum atomic E-state index is -0.725. The predicted octanol–water partition coefficient (Wildman–Crippen LogP) is 0.915. The van der Waals surface area contributed by atoms with E-state index in [9.17, 15) is 9.59 Å². The molecular weight excluding hydrogens is 244 g/mol. The van der Waals surface area contributed by atoms with Gasteiger partial charge in [0.05, 0.1) is 18.1 Å². The van der Waals surface area contributed by atoms with Crippen LogP contribution in [-0.2, 0) is 14.3 Å². The summed E-state index contributed by atoms with van der Waals surface area (Å²) in [5, 5.41) is 0. The third kappa shape index (κ3) is 3.08. The quantitative estimate of drug-likeness (QED) is 0.769. The molecule has 5 nitrogen and oxygen atoms in total. The maximum atomic E-state index is 12.4. The number of amides is 1. The van der Waals surface area contributed by atoms with E-state index < -0.39 is 5.54 Å². The first kappa shape index (κ1) is 14.3. The smallest absolute Gasteiger partial charge is 0.309 e. The summed E-state index contributed by atoms with van der Waals surface area (Å²) < 4.78 is 5.03. The van der Waals surface area contributed by atoms with E-state index in [2.05, 4.69) is 0 Å². The zero-order valence-electron chi connectivity index (χ0n) is 11.9. The van der Waals surface area contributed by atoms with Crippen molar-refractivity contribution in [3.63, 3.8) is 0 Å². The van der Waals surface area contributed by atoms with Gasteiger partial charge in [0.25, 0.3) is 0 Å². The number of piperidine rings is 1. The van der Waals surface area contributed by atoms with Gasteiger partial charge < -0.3 is 15.4 Å². The van der Waals surface area contributed by atoms with E-state index in [0.29, 0.717) is 38.5 Å². The molecule has 2 N–H and O–H groups in total. The zero-order chi connectivity index (χ0) is 14.0. The Labute approximate surface area is 114 Å². The second-order valence-corrected chi connectivity index (χ2v) is 5.88. The predicted molar refractivity (Wildman–Crippen MR) is 71.3 cm³/mol. The summed E-state index contributed by atoms with van der Waals surface area (Å²) in [6, 6.07) is 0. The molecule has 1 saturated heterocycles. The molecule has 2 aliphatic rings. The van der Waals surface area contributed by atoms with Gasteiger partial charge in [-0.1, -0.05) is 0 Å². The molecule has 0 aromatic heterocycles. The van der Waals surface area contributed by atoms with Crippen LogP contribution in [0.3, 0.4) is 0 Å². The van der Waals surface area contributed by atoms with Gasteiger partial charge in [0.15, 0.2) is 0 Å². The zero-order valence-corrected chi connectivity index (χ0v) is 11.9. The second kappa shape index (κ2) is 5.49. The van der Waals surface area contributed by atoms with Crippen LogP contribution in [0.25, 0.3) is 0 Å². The van der Waals surface area contributed by atoms with Crippen LogP contribution in [0.5, 0.6) is 0 Å². The lowest BCUT2D eigenvalue weighted by Gasteiger charge is -2.36. The number of nitrogens with zero attached hydrogens (tertiary/aromatic N) is 1. The molecule has 1 aliphatic heterocycles. The topological polar surface area (TPSA) is 72.6 Å². The van der Waals surface area contributed by atoms with Crippen LogP contribution < -0.4 is 5.73 Å². The summed E-state index contributed by atoms with van der Waals surface area (Å²) in [5.41, 5.74) is 5.43. The Morgan fingerprint density at radius 1 is 1.26 bits per heavy atom. The molecule has 0 spiro atoms. The lowest BCUT2D eigenvalue weighted by Crippen LogP contribution is -2.56. The van der Waals surface area contributed by atoms with Gasteiger partial charge in [-0.05, 0) is 45.4 Å². The van der Waals surface area contributed by atoms with Gasteiger partial charge in [-0.15, -0.1) is 0 Å². The van der Waals surface area contributed by atoms with Crippen molar-refractivity contribution in [3.05, 3.63) is 0 Å². The van der Waals surface area contributed by atoms with Gasteiger partial charge in [-0.25, -0.2) is 0 Å². The van der Waals surface area contributed by atoms with E-state index in [1.54, 1.807) is 0 Å². The standard InChI is InChI=1S/C14H24N2O3/c1-3-19-12(17)10-6-8-16(9-7-10)13(18)14(2,15)11-4-5-11/h10-11H,3-9,15H2,1-2H3. The highest BCUT2D eigenvalue weighted by Crippen LogP contribution is 2.39. The van der Waals surface area contributed by atoms with Crippen molar-refractivity contribution in [2.75, 3.05) is 19.7 Å². The van der Waals surface area contributed by atoms with Crippen LogP contribution in [0.1, 0.15) is 39.5 Å². The number of hydrogen-bond donors (Lipinski definition) is 1. The summed E-state index contributed by atoms with van der Waals surface area (Å²) >= 11 is 0. The average molecular weight is 268 g/mol. The molecule has 5 heteroatoms. The van der Waals surface area contributed by atoms with E-state index in [1.807, 2.05) is 18.7 Å². The first-order valence-corrected chi connectivity index (χ1v) is 7.21. The Hall–Kier alpha value is -1.10. The maximum absolute atomic E-state index is 12.4. The Kier molecular flexibility index (Phi) is 4.13. The number of carbonyl (C=O) groups is 2. The van der Waals surface area contributed by atoms with Gasteiger partial charge in [0, 0.05) is 13.1 Å². The molecule has 0 radical (unpaired) electrons. The molecule has 1 aliphatic carbocycles. The molecule has 1 atom stereocenters. The average Bonchev–Trinajstić information content (AvgIpc) is 3.23. The Balaban J connectivity index is 1.86. The lowest BCUT2D eigenvalue weighted by molar-refractivity contribution is -0.152. The summed E-state index contributed by atoms with van der Waals surface area (Å²) in [7, 11) is 0. The molecule has 1 unspecified atom stereocenters. The molecule has 0 aromatic carbocycles. The number of hydrogen-bond acceptors (Lipinski definition) is 4. The molecule has 19 heavy (non-hydrogen) atoms. The highest BCUT2D eigenvalue weighted by Gasteiger charge is 2.46. The molecule has 2 rings (SSSR count). The maximum Gasteiger partial charge on any atom is 0.309 e.